The van der Waals surface area contributed by atoms with Gasteiger partial charge in [0.15, 0.2) is 0 Å². The fourth-order valence-corrected chi connectivity index (χ4v) is 3.09. The van der Waals surface area contributed by atoms with E-state index in [9.17, 15) is 9.59 Å². The van der Waals surface area contributed by atoms with Crippen LogP contribution in [0.4, 0.5) is 15.3 Å². The van der Waals surface area contributed by atoms with Gasteiger partial charge in [-0.05, 0) is 57.7 Å². The summed E-state index contributed by atoms with van der Waals surface area (Å²) in [4.78, 5) is 28.1. The maximum Gasteiger partial charge on any atom is 0.410 e. The Hall–Kier alpha value is -2.68. The Morgan fingerprint density at radius 1 is 1.41 bits per heavy atom. The van der Waals surface area contributed by atoms with Crippen molar-refractivity contribution in [3.63, 3.8) is 0 Å². The molecule has 1 aromatic carbocycles. The van der Waals surface area contributed by atoms with Crippen molar-refractivity contribution in [3.05, 3.63) is 29.8 Å². The van der Waals surface area contributed by atoms with Crippen LogP contribution in [0.2, 0.25) is 0 Å². The highest BCUT2D eigenvalue weighted by atomic mass is 16.6. The van der Waals surface area contributed by atoms with Crippen molar-refractivity contribution in [2.24, 2.45) is 5.92 Å². The molecule has 6 nitrogen and oxygen atoms in total. The molecule has 0 aliphatic carbocycles. The average molecular weight is 371 g/mol. The molecule has 1 atom stereocenters. The number of nitrogens with one attached hydrogen (secondary N) is 1. The van der Waals surface area contributed by atoms with Crippen molar-refractivity contribution in [2.75, 3.05) is 32.0 Å². The molecule has 3 amide bonds. The Labute approximate surface area is 161 Å². The molecular formula is C21H29N3O3. The molecule has 0 bridgehead atoms. The molecule has 0 aromatic heterocycles. The van der Waals surface area contributed by atoms with Crippen molar-refractivity contribution in [2.45, 2.75) is 39.2 Å². The first-order valence-corrected chi connectivity index (χ1v) is 9.24. The molecule has 1 aliphatic rings. The lowest BCUT2D eigenvalue weighted by molar-refractivity contribution is 0.0253. The van der Waals surface area contributed by atoms with E-state index in [1.807, 2.05) is 39.0 Å². The summed E-state index contributed by atoms with van der Waals surface area (Å²) in [5.74, 6) is 2.78. The first kappa shape index (κ1) is 20.6. The molecule has 0 unspecified atom stereocenters. The van der Waals surface area contributed by atoms with Gasteiger partial charge in [0.25, 0.3) is 0 Å². The monoisotopic (exact) mass is 371 g/mol. The number of carbonyl (C=O) groups is 2. The third kappa shape index (κ3) is 6.52. The Kier molecular flexibility index (Phi) is 6.73. The van der Waals surface area contributed by atoms with Crippen LogP contribution in [-0.4, -0.2) is 54.2 Å². The molecule has 27 heavy (non-hydrogen) atoms. The van der Waals surface area contributed by atoms with E-state index in [2.05, 4.69) is 11.2 Å². The van der Waals surface area contributed by atoms with E-state index in [1.165, 1.54) is 0 Å². The molecule has 1 fully saturated rings. The number of urea groups is 1. The van der Waals surface area contributed by atoms with Gasteiger partial charge in [-0.1, -0.05) is 12.0 Å². The fraction of sp³-hybridized carbons (Fsp3) is 0.524. The largest absolute Gasteiger partial charge is 0.444 e. The number of anilines is 1. The minimum absolute atomic E-state index is 0.145. The lowest BCUT2D eigenvalue weighted by Crippen LogP contribution is -2.46. The van der Waals surface area contributed by atoms with Gasteiger partial charge in [-0.3, -0.25) is 0 Å². The summed E-state index contributed by atoms with van der Waals surface area (Å²) in [6, 6.07) is 7.08. The molecule has 1 N–H and O–H groups in total. The fourth-order valence-electron chi connectivity index (χ4n) is 3.09. The maximum absolute atomic E-state index is 12.6. The van der Waals surface area contributed by atoms with Gasteiger partial charge in [0, 0.05) is 37.9 Å². The predicted molar refractivity (Wildman–Crippen MR) is 107 cm³/mol. The molecular weight excluding hydrogens is 342 g/mol. The number of piperidine rings is 1. The minimum Gasteiger partial charge on any atom is -0.444 e. The summed E-state index contributed by atoms with van der Waals surface area (Å²) in [7, 11) is 1.73. The quantitative estimate of drug-likeness (QED) is 0.823. The van der Waals surface area contributed by atoms with E-state index in [0.29, 0.717) is 25.3 Å². The zero-order valence-electron chi connectivity index (χ0n) is 16.6. The SMILES string of the molecule is C#Cc1cccc(NC(=O)N2CCC[C@@H](CN(C)C(=O)OC(C)(C)C)C2)c1. The van der Waals surface area contributed by atoms with Gasteiger partial charge < -0.3 is 19.9 Å². The third-order valence-corrected chi connectivity index (χ3v) is 4.32. The summed E-state index contributed by atoms with van der Waals surface area (Å²) < 4.78 is 5.39. The van der Waals surface area contributed by atoms with Gasteiger partial charge in [0.1, 0.15) is 5.60 Å². The highest BCUT2D eigenvalue weighted by Gasteiger charge is 2.27. The van der Waals surface area contributed by atoms with E-state index >= 15 is 0 Å². The Morgan fingerprint density at radius 2 is 2.15 bits per heavy atom. The van der Waals surface area contributed by atoms with Crippen molar-refractivity contribution in [1.82, 2.24) is 9.80 Å². The summed E-state index contributed by atoms with van der Waals surface area (Å²) in [5.41, 5.74) is 0.892. The lowest BCUT2D eigenvalue weighted by atomic mass is 9.98. The van der Waals surface area contributed by atoms with Crippen LogP contribution in [0.1, 0.15) is 39.2 Å². The van der Waals surface area contributed by atoms with Crippen LogP contribution in [0.3, 0.4) is 0 Å². The van der Waals surface area contributed by atoms with Gasteiger partial charge in [-0.25, -0.2) is 9.59 Å². The summed E-state index contributed by atoms with van der Waals surface area (Å²) in [6.45, 7) is 7.41. The third-order valence-electron chi connectivity index (χ3n) is 4.32. The van der Waals surface area contributed by atoms with Gasteiger partial charge in [-0.2, -0.15) is 0 Å². The number of carbonyl (C=O) groups excluding carboxylic acids is 2. The van der Waals surface area contributed by atoms with Gasteiger partial charge >= 0.3 is 12.1 Å². The molecule has 0 spiro atoms. The highest BCUT2D eigenvalue weighted by Crippen LogP contribution is 2.20. The zero-order chi connectivity index (χ0) is 20.0. The van der Waals surface area contributed by atoms with E-state index in [0.717, 1.165) is 18.4 Å². The second kappa shape index (κ2) is 8.81. The Balaban J connectivity index is 1.90. The molecule has 1 saturated heterocycles. The summed E-state index contributed by atoms with van der Waals surface area (Å²) >= 11 is 0. The maximum atomic E-state index is 12.6. The predicted octanol–water partition coefficient (Wildman–Crippen LogP) is 3.78. The van der Waals surface area contributed by atoms with Crippen LogP contribution >= 0.6 is 0 Å². The number of nitrogens with zero attached hydrogens (tertiary/aromatic N) is 2. The number of terminal acetylenes is 1. The Morgan fingerprint density at radius 3 is 2.81 bits per heavy atom. The van der Waals surface area contributed by atoms with E-state index in [1.54, 1.807) is 22.9 Å². The van der Waals surface area contributed by atoms with Crippen LogP contribution in [0.25, 0.3) is 0 Å². The topological polar surface area (TPSA) is 61.9 Å². The molecule has 2 rings (SSSR count). The van der Waals surface area contributed by atoms with Crippen molar-refractivity contribution in [1.29, 1.82) is 0 Å². The zero-order valence-corrected chi connectivity index (χ0v) is 16.6. The average Bonchev–Trinajstić information content (AvgIpc) is 2.60. The molecule has 0 saturated carbocycles. The van der Waals surface area contributed by atoms with Crippen LogP contribution in [0.15, 0.2) is 24.3 Å². The number of benzene rings is 1. The second-order valence-electron chi connectivity index (χ2n) is 7.97. The number of hydrogen-bond donors (Lipinski definition) is 1. The number of amides is 3. The lowest BCUT2D eigenvalue weighted by Gasteiger charge is -2.35. The van der Waals surface area contributed by atoms with Crippen LogP contribution in [0, 0.1) is 18.3 Å². The first-order chi connectivity index (χ1) is 12.7. The van der Waals surface area contributed by atoms with Crippen molar-refractivity contribution >= 4 is 17.8 Å². The van der Waals surface area contributed by atoms with Gasteiger partial charge in [0.05, 0.1) is 0 Å². The van der Waals surface area contributed by atoms with E-state index in [4.69, 9.17) is 11.2 Å². The van der Waals surface area contributed by atoms with Crippen molar-refractivity contribution in [3.8, 4) is 12.3 Å². The van der Waals surface area contributed by atoms with E-state index < -0.39 is 5.60 Å². The molecule has 146 valence electrons. The Bertz CT molecular complexity index is 718. The smallest absolute Gasteiger partial charge is 0.410 e. The number of ether oxygens (including phenoxy) is 1. The van der Waals surface area contributed by atoms with Crippen LogP contribution in [0.5, 0.6) is 0 Å². The first-order valence-electron chi connectivity index (χ1n) is 9.24. The molecule has 1 heterocycles. The molecule has 6 heteroatoms. The minimum atomic E-state index is -0.517. The van der Waals surface area contributed by atoms with Gasteiger partial charge in [-0.15, -0.1) is 6.42 Å². The number of likely N-dealkylation sites (tertiary alicyclic amines) is 1. The molecule has 0 radical (unpaired) electrons. The number of rotatable bonds is 3. The molecule has 1 aliphatic heterocycles. The van der Waals surface area contributed by atoms with Crippen LogP contribution in [-0.2, 0) is 4.74 Å². The van der Waals surface area contributed by atoms with Gasteiger partial charge in [0.2, 0.25) is 0 Å². The number of hydrogen-bond acceptors (Lipinski definition) is 3. The standard InChI is InChI=1S/C21H29N3O3/c1-6-16-9-7-11-18(13-16)22-19(25)24-12-8-10-17(15-24)14-23(5)20(26)27-21(2,3)4/h1,7,9,11,13,17H,8,10,12,14-15H2,2-5H3,(H,22,25)/t17-/m0/s1. The van der Waals surface area contributed by atoms with Crippen molar-refractivity contribution < 1.29 is 14.3 Å². The molecule has 1 aromatic rings. The van der Waals surface area contributed by atoms with Crippen LogP contribution < -0.4 is 5.32 Å². The normalized spacial score (nSPS) is 17.0. The highest BCUT2D eigenvalue weighted by molar-refractivity contribution is 5.89. The second-order valence-corrected chi connectivity index (χ2v) is 7.97. The summed E-state index contributed by atoms with van der Waals surface area (Å²) in [6.07, 6.45) is 6.95. The summed E-state index contributed by atoms with van der Waals surface area (Å²) in [5, 5.41) is 2.90. The van der Waals surface area contributed by atoms with E-state index in [-0.39, 0.29) is 18.0 Å².